The minimum absolute atomic E-state index is 0.00743. The van der Waals surface area contributed by atoms with Crippen LogP contribution in [0.25, 0.3) is 16.8 Å². The third-order valence-corrected chi connectivity index (χ3v) is 6.85. The van der Waals surface area contributed by atoms with E-state index in [4.69, 9.17) is 10.5 Å². The van der Waals surface area contributed by atoms with Crippen LogP contribution in [0.3, 0.4) is 0 Å². The molecule has 2 heterocycles. The second-order valence-corrected chi connectivity index (χ2v) is 9.95. The number of benzene rings is 1. The van der Waals surface area contributed by atoms with Gasteiger partial charge in [-0.2, -0.15) is 13.2 Å². The summed E-state index contributed by atoms with van der Waals surface area (Å²) in [5.41, 5.74) is 7.21. The number of alkyl halides is 3. The van der Waals surface area contributed by atoms with Crippen molar-refractivity contribution in [2.45, 2.75) is 30.0 Å². The fourth-order valence-corrected chi connectivity index (χ4v) is 5.03. The molecule has 1 fully saturated rings. The molecular formula is C23H28F3N5O3S. The van der Waals surface area contributed by atoms with E-state index in [-0.39, 0.29) is 22.4 Å². The van der Waals surface area contributed by atoms with E-state index >= 15 is 0 Å². The summed E-state index contributed by atoms with van der Waals surface area (Å²) in [6, 6.07) is 8.36. The highest BCUT2D eigenvalue weighted by molar-refractivity contribution is 7.89. The molecule has 0 aliphatic carbocycles. The molecule has 0 radical (unpaired) electrons. The van der Waals surface area contributed by atoms with E-state index in [1.807, 2.05) is 7.05 Å². The molecule has 1 aliphatic heterocycles. The lowest BCUT2D eigenvalue weighted by Crippen LogP contribution is -2.46. The SMILES string of the molecule is CN=C/C(=C\N)c1cc(S(=O)(=O)NC2CCCN(C)C2)cc(-c2ccc(OCC(F)(F)F)cc2)n1. The van der Waals surface area contributed by atoms with Gasteiger partial charge in [0.2, 0.25) is 10.0 Å². The molecule has 190 valence electrons. The molecule has 1 atom stereocenters. The highest BCUT2D eigenvalue weighted by atomic mass is 32.2. The van der Waals surface area contributed by atoms with Crippen LogP contribution >= 0.6 is 0 Å². The number of ether oxygens (including phenoxy) is 1. The van der Waals surface area contributed by atoms with Crippen LogP contribution < -0.4 is 15.2 Å². The summed E-state index contributed by atoms with van der Waals surface area (Å²) in [7, 11) is -0.420. The van der Waals surface area contributed by atoms with Crippen molar-refractivity contribution in [3.05, 3.63) is 48.3 Å². The molecule has 35 heavy (non-hydrogen) atoms. The Balaban J connectivity index is 1.98. The number of piperidine rings is 1. The molecular weight excluding hydrogens is 483 g/mol. The lowest BCUT2D eigenvalue weighted by Gasteiger charge is -2.30. The number of nitrogens with one attached hydrogen (secondary N) is 1. The van der Waals surface area contributed by atoms with Gasteiger partial charge in [0.1, 0.15) is 5.75 Å². The van der Waals surface area contributed by atoms with E-state index in [0.717, 1.165) is 19.4 Å². The first-order valence-electron chi connectivity index (χ1n) is 10.9. The standard InChI is InChI=1S/C23H28F3N5O3S/c1-28-13-17(12-27)22-11-20(35(32,33)30-18-4-3-9-31(2)14-18)10-21(29-22)16-5-7-19(8-6-16)34-15-23(24,25)26/h5-8,10-13,18,30H,3-4,9,14-15,27H2,1-2H3/b17-12+,28-13?. The number of hydrogen-bond acceptors (Lipinski definition) is 7. The number of aromatic nitrogens is 1. The third-order valence-electron chi connectivity index (χ3n) is 5.35. The van der Waals surface area contributed by atoms with Crippen LogP contribution in [0, 0.1) is 0 Å². The molecule has 0 amide bonds. The summed E-state index contributed by atoms with van der Waals surface area (Å²) in [6.45, 7) is 0.0941. The van der Waals surface area contributed by atoms with Crippen molar-refractivity contribution in [3.8, 4) is 17.0 Å². The fourth-order valence-electron chi connectivity index (χ4n) is 3.73. The minimum Gasteiger partial charge on any atom is -0.484 e. The minimum atomic E-state index is -4.45. The van der Waals surface area contributed by atoms with Crippen LogP contribution in [0.2, 0.25) is 0 Å². The van der Waals surface area contributed by atoms with Gasteiger partial charge in [-0.1, -0.05) is 0 Å². The molecule has 1 unspecified atom stereocenters. The summed E-state index contributed by atoms with van der Waals surface area (Å²) in [5, 5.41) is 0. The number of likely N-dealkylation sites (N-methyl/N-ethyl adjacent to an activating group) is 1. The molecule has 2 aromatic rings. The second-order valence-electron chi connectivity index (χ2n) is 8.23. The molecule has 0 saturated carbocycles. The van der Waals surface area contributed by atoms with Crippen LogP contribution in [0.15, 0.2) is 52.5 Å². The maximum absolute atomic E-state index is 13.3. The largest absolute Gasteiger partial charge is 0.484 e. The molecule has 1 saturated heterocycles. The van der Waals surface area contributed by atoms with Crippen LogP contribution in [0.4, 0.5) is 13.2 Å². The van der Waals surface area contributed by atoms with Crippen molar-refractivity contribution < 1.29 is 26.3 Å². The Morgan fingerprint density at radius 3 is 2.63 bits per heavy atom. The van der Waals surface area contributed by atoms with Crippen LogP contribution in [-0.4, -0.2) is 70.5 Å². The first-order chi connectivity index (χ1) is 16.5. The zero-order valence-electron chi connectivity index (χ0n) is 19.4. The summed E-state index contributed by atoms with van der Waals surface area (Å²) < 4.78 is 71.3. The highest BCUT2D eigenvalue weighted by Gasteiger charge is 2.28. The lowest BCUT2D eigenvalue weighted by molar-refractivity contribution is -0.153. The van der Waals surface area contributed by atoms with Crippen molar-refractivity contribution in [1.29, 1.82) is 0 Å². The maximum atomic E-state index is 13.3. The zero-order chi connectivity index (χ0) is 25.6. The summed E-state index contributed by atoms with van der Waals surface area (Å²) in [4.78, 5) is 10.5. The highest BCUT2D eigenvalue weighted by Crippen LogP contribution is 2.27. The van der Waals surface area contributed by atoms with Gasteiger partial charge in [0.15, 0.2) is 6.61 Å². The van der Waals surface area contributed by atoms with Crippen molar-refractivity contribution in [2.75, 3.05) is 33.8 Å². The zero-order valence-corrected chi connectivity index (χ0v) is 20.2. The predicted octanol–water partition coefficient (Wildman–Crippen LogP) is 3.06. The van der Waals surface area contributed by atoms with Gasteiger partial charge in [0, 0.05) is 43.2 Å². The molecule has 3 N–H and O–H groups in total. The van der Waals surface area contributed by atoms with Crippen LogP contribution in [0.5, 0.6) is 5.75 Å². The van der Waals surface area contributed by atoms with Crippen molar-refractivity contribution >= 4 is 21.8 Å². The molecule has 12 heteroatoms. The van der Waals surface area contributed by atoms with Gasteiger partial charge in [0.05, 0.1) is 16.3 Å². The topological polar surface area (TPSA) is 110 Å². The first kappa shape index (κ1) is 26.6. The van der Waals surface area contributed by atoms with E-state index in [9.17, 15) is 21.6 Å². The summed E-state index contributed by atoms with van der Waals surface area (Å²) in [6.07, 6.45) is -0.118. The first-order valence-corrected chi connectivity index (χ1v) is 12.4. The molecule has 1 aromatic heterocycles. The average molecular weight is 512 g/mol. The third kappa shape index (κ3) is 7.51. The Labute approximate surface area is 202 Å². The molecule has 0 bridgehead atoms. The van der Waals surface area contributed by atoms with Gasteiger partial charge in [-0.05, 0) is 62.8 Å². The summed E-state index contributed by atoms with van der Waals surface area (Å²) in [5.74, 6) is 0.0267. The van der Waals surface area contributed by atoms with Crippen molar-refractivity contribution in [1.82, 2.24) is 14.6 Å². The van der Waals surface area contributed by atoms with Gasteiger partial charge in [-0.15, -0.1) is 0 Å². The van der Waals surface area contributed by atoms with Gasteiger partial charge in [-0.25, -0.2) is 18.1 Å². The predicted molar refractivity (Wildman–Crippen MR) is 129 cm³/mol. The van der Waals surface area contributed by atoms with E-state index in [0.29, 0.717) is 23.4 Å². The Bertz CT molecular complexity index is 1180. The van der Waals surface area contributed by atoms with Crippen molar-refractivity contribution in [3.63, 3.8) is 0 Å². The Kier molecular flexibility index (Phi) is 8.51. The number of pyridine rings is 1. The molecule has 8 nitrogen and oxygen atoms in total. The Morgan fingerprint density at radius 1 is 1.31 bits per heavy atom. The van der Waals surface area contributed by atoms with Gasteiger partial charge in [0.25, 0.3) is 0 Å². The lowest BCUT2D eigenvalue weighted by atomic mass is 10.1. The number of rotatable bonds is 8. The Morgan fingerprint density at radius 2 is 2.03 bits per heavy atom. The molecule has 0 spiro atoms. The van der Waals surface area contributed by atoms with E-state index < -0.39 is 22.8 Å². The molecule has 1 aromatic carbocycles. The number of aliphatic imine (C=N–C) groups is 1. The van der Waals surface area contributed by atoms with Crippen LogP contribution in [-0.2, 0) is 10.0 Å². The average Bonchev–Trinajstić information content (AvgIpc) is 2.80. The quantitative estimate of drug-likeness (QED) is 0.527. The number of likely N-dealkylation sites (tertiary alicyclic amines) is 1. The monoisotopic (exact) mass is 511 g/mol. The number of nitrogens with two attached hydrogens (primary N) is 1. The number of sulfonamides is 1. The number of hydrogen-bond donors (Lipinski definition) is 2. The fraction of sp³-hybridized carbons (Fsp3) is 0.391. The van der Waals surface area contributed by atoms with Gasteiger partial charge in [-0.3, -0.25) is 4.99 Å². The van der Waals surface area contributed by atoms with E-state index in [1.165, 1.54) is 48.8 Å². The van der Waals surface area contributed by atoms with E-state index in [2.05, 4.69) is 19.6 Å². The maximum Gasteiger partial charge on any atom is 0.422 e. The van der Waals surface area contributed by atoms with Gasteiger partial charge >= 0.3 is 6.18 Å². The van der Waals surface area contributed by atoms with E-state index in [1.54, 1.807) is 7.05 Å². The molecule has 1 aliphatic rings. The Hall–Kier alpha value is -2.96. The molecule has 3 rings (SSSR count). The number of halogens is 3. The normalized spacial score (nSPS) is 18.2. The second kappa shape index (κ2) is 11.2. The number of nitrogens with zero attached hydrogens (tertiary/aromatic N) is 3. The summed E-state index contributed by atoms with van der Waals surface area (Å²) >= 11 is 0. The number of allylic oxidation sites excluding steroid dienone is 1. The smallest absolute Gasteiger partial charge is 0.422 e. The van der Waals surface area contributed by atoms with Gasteiger partial charge < -0.3 is 15.4 Å². The van der Waals surface area contributed by atoms with Crippen molar-refractivity contribution in [2.24, 2.45) is 10.7 Å². The van der Waals surface area contributed by atoms with Crippen LogP contribution in [0.1, 0.15) is 18.5 Å².